The topological polar surface area (TPSA) is 107 Å². The Morgan fingerprint density at radius 3 is 2.52 bits per heavy atom. The first-order valence-corrected chi connectivity index (χ1v) is 8.15. The van der Waals surface area contributed by atoms with Crippen LogP contribution in [0.1, 0.15) is 10.4 Å². The van der Waals surface area contributed by atoms with Crippen molar-refractivity contribution in [2.24, 2.45) is 5.73 Å². The maximum atomic E-state index is 12.5. The smallest absolute Gasteiger partial charge is 0.261 e. The lowest BCUT2D eigenvalue weighted by Gasteiger charge is -2.09. The van der Waals surface area contributed by atoms with Gasteiger partial charge in [-0.05, 0) is 12.1 Å². The van der Waals surface area contributed by atoms with Crippen LogP contribution in [0.4, 0.5) is 5.13 Å². The quantitative estimate of drug-likeness (QED) is 0.706. The number of nitrogens with one attached hydrogen (secondary N) is 1. The lowest BCUT2D eigenvalue weighted by molar-refractivity contribution is -0.119. The molecule has 0 fully saturated rings. The summed E-state index contributed by atoms with van der Waals surface area (Å²) < 4.78 is 5.26. The molecule has 3 N–H and O–H groups in total. The van der Waals surface area contributed by atoms with Crippen LogP contribution in [0.2, 0.25) is 0 Å². The number of hydrogen-bond donors (Lipinski definition) is 2. The summed E-state index contributed by atoms with van der Waals surface area (Å²) in [6.45, 7) is -0.304. The number of amides is 2. The number of hydrogen-bond acceptors (Lipinski definition) is 6. The number of primary amides is 1. The van der Waals surface area contributed by atoms with E-state index >= 15 is 0 Å². The molecule has 126 valence electrons. The number of aromatic nitrogens is 2. The lowest BCUT2D eigenvalue weighted by Crippen LogP contribution is -2.21. The van der Waals surface area contributed by atoms with Crippen molar-refractivity contribution in [2.75, 3.05) is 11.9 Å². The summed E-state index contributed by atoms with van der Waals surface area (Å²) in [6.07, 6.45) is 0. The Labute approximate surface area is 147 Å². The van der Waals surface area contributed by atoms with E-state index in [1.54, 1.807) is 24.3 Å². The molecule has 0 aliphatic rings. The molecule has 3 aromatic rings. The van der Waals surface area contributed by atoms with Gasteiger partial charge in [0, 0.05) is 5.56 Å². The molecule has 25 heavy (non-hydrogen) atoms. The molecule has 7 nitrogen and oxygen atoms in total. The molecule has 0 spiro atoms. The fraction of sp³-hybridized carbons (Fsp3) is 0.0588. The standard InChI is InChI=1S/C17H14N4O3S/c18-14(22)10-24-13-9-5-4-8-12(13)15(23)19-17-21-20-16(25-17)11-6-2-1-3-7-11/h1-9H,10H2,(H2,18,22)(H,19,21,23). The molecule has 2 aromatic carbocycles. The number of rotatable bonds is 6. The number of anilines is 1. The van der Waals surface area contributed by atoms with Crippen molar-refractivity contribution in [3.63, 3.8) is 0 Å². The monoisotopic (exact) mass is 354 g/mol. The number of para-hydroxylation sites is 1. The van der Waals surface area contributed by atoms with E-state index in [9.17, 15) is 9.59 Å². The van der Waals surface area contributed by atoms with Crippen molar-refractivity contribution >= 4 is 28.3 Å². The van der Waals surface area contributed by atoms with E-state index in [0.29, 0.717) is 10.1 Å². The van der Waals surface area contributed by atoms with Gasteiger partial charge in [0.05, 0.1) is 5.56 Å². The summed E-state index contributed by atoms with van der Waals surface area (Å²) in [5, 5.41) is 11.8. The highest BCUT2D eigenvalue weighted by molar-refractivity contribution is 7.18. The summed E-state index contributed by atoms with van der Waals surface area (Å²) in [6, 6.07) is 16.1. The molecular weight excluding hydrogens is 340 g/mol. The van der Waals surface area contributed by atoms with Crippen molar-refractivity contribution in [1.82, 2.24) is 10.2 Å². The van der Waals surface area contributed by atoms with Crippen LogP contribution in [0.15, 0.2) is 54.6 Å². The van der Waals surface area contributed by atoms with E-state index in [1.807, 2.05) is 30.3 Å². The van der Waals surface area contributed by atoms with Crippen LogP contribution in [0.3, 0.4) is 0 Å². The van der Waals surface area contributed by atoms with Crippen molar-refractivity contribution < 1.29 is 14.3 Å². The summed E-state index contributed by atoms with van der Waals surface area (Å²) >= 11 is 1.26. The molecule has 0 radical (unpaired) electrons. The van der Waals surface area contributed by atoms with E-state index in [4.69, 9.17) is 10.5 Å². The highest BCUT2D eigenvalue weighted by Gasteiger charge is 2.15. The number of benzene rings is 2. The zero-order chi connectivity index (χ0) is 17.6. The Kier molecular flexibility index (Phi) is 5.00. The Bertz CT molecular complexity index is 896. The van der Waals surface area contributed by atoms with Crippen molar-refractivity contribution in [3.05, 3.63) is 60.2 Å². The third-order valence-electron chi connectivity index (χ3n) is 3.17. The highest BCUT2D eigenvalue weighted by Crippen LogP contribution is 2.27. The summed E-state index contributed by atoms with van der Waals surface area (Å²) in [7, 11) is 0. The van der Waals surface area contributed by atoms with Gasteiger partial charge >= 0.3 is 0 Å². The Morgan fingerprint density at radius 1 is 1.04 bits per heavy atom. The minimum absolute atomic E-state index is 0.270. The first kappa shape index (κ1) is 16.6. The van der Waals surface area contributed by atoms with Gasteiger partial charge in [0.15, 0.2) is 6.61 Å². The van der Waals surface area contributed by atoms with Crippen LogP contribution in [-0.4, -0.2) is 28.6 Å². The van der Waals surface area contributed by atoms with Gasteiger partial charge in [0.1, 0.15) is 10.8 Å². The Balaban J connectivity index is 1.75. The third kappa shape index (κ3) is 4.18. The number of ether oxygens (including phenoxy) is 1. The SMILES string of the molecule is NC(=O)COc1ccccc1C(=O)Nc1nnc(-c2ccccc2)s1. The number of carbonyl (C=O) groups is 2. The first-order chi connectivity index (χ1) is 12.1. The minimum atomic E-state index is -0.619. The number of nitrogens with zero attached hydrogens (tertiary/aromatic N) is 2. The molecule has 1 aromatic heterocycles. The maximum Gasteiger partial charge on any atom is 0.261 e. The largest absolute Gasteiger partial charge is 0.483 e. The van der Waals surface area contributed by atoms with Gasteiger partial charge < -0.3 is 10.5 Å². The molecule has 3 rings (SSSR count). The van der Waals surface area contributed by atoms with Crippen LogP contribution in [-0.2, 0) is 4.79 Å². The van der Waals surface area contributed by atoms with Gasteiger partial charge in [-0.2, -0.15) is 0 Å². The second-order valence-corrected chi connectivity index (χ2v) is 5.96. The van der Waals surface area contributed by atoms with Gasteiger partial charge in [0.25, 0.3) is 11.8 Å². The molecule has 0 bridgehead atoms. The number of nitrogens with two attached hydrogens (primary N) is 1. The van der Waals surface area contributed by atoms with Crippen LogP contribution >= 0.6 is 11.3 Å². The second-order valence-electron chi connectivity index (χ2n) is 4.98. The van der Waals surface area contributed by atoms with Crippen LogP contribution in [0.25, 0.3) is 10.6 Å². The summed E-state index contributed by atoms with van der Waals surface area (Å²) in [5.41, 5.74) is 6.27. The summed E-state index contributed by atoms with van der Waals surface area (Å²) in [4.78, 5) is 23.3. The molecule has 2 amide bonds. The van der Waals surface area contributed by atoms with Crippen molar-refractivity contribution in [1.29, 1.82) is 0 Å². The fourth-order valence-electron chi connectivity index (χ4n) is 2.06. The molecule has 1 heterocycles. The molecular formula is C17H14N4O3S. The highest BCUT2D eigenvalue weighted by atomic mass is 32.1. The van der Waals surface area contributed by atoms with E-state index in [-0.39, 0.29) is 17.9 Å². The predicted molar refractivity (Wildman–Crippen MR) is 94.4 cm³/mol. The van der Waals surface area contributed by atoms with Crippen LogP contribution in [0.5, 0.6) is 5.75 Å². The zero-order valence-corrected chi connectivity index (χ0v) is 13.8. The van der Waals surface area contributed by atoms with Crippen molar-refractivity contribution in [2.45, 2.75) is 0 Å². The molecule has 0 saturated carbocycles. The normalized spacial score (nSPS) is 10.2. The molecule has 0 atom stereocenters. The molecule has 0 saturated heterocycles. The minimum Gasteiger partial charge on any atom is -0.483 e. The third-order valence-corrected chi connectivity index (χ3v) is 4.06. The molecule has 0 aliphatic heterocycles. The van der Waals surface area contributed by atoms with Gasteiger partial charge in [-0.25, -0.2) is 0 Å². The fourth-order valence-corrected chi connectivity index (χ4v) is 2.81. The van der Waals surface area contributed by atoms with E-state index in [1.165, 1.54) is 11.3 Å². The lowest BCUT2D eigenvalue weighted by atomic mass is 10.2. The van der Waals surface area contributed by atoms with Crippen molar-refractivity contribution in [3.8, 4) is 16.3 Å². The van der Waals surface area contributed by atoms with Gasteiger partial charge in [-0.1, -0.05) is 53.8 Å². The van der Waals surface area contributed by atoms with Crippen LogP contribution < -0.4 is 15.8 Å². The average molecular weight is 354 g/mol. The number of carbonyl (C=O) groups excluding carboxylic acids is 2. The van der Waals surface area contributed by atoms with Gasteiger partial charge in [0.2, 0.25) is 5.13 Å². The first-order valence-electron chi connectivity index (χ1n) is 7.34. The average Bonchev–Trinajstić information content (AvgIpc) is 3.09. The second kappa shape index (κ2) is 7.54. The van der Waals surface area contributed by atoms with Gasteiger partial charge in [-0.3, -0.25) is 14.9 Å². The van der Waals surface area contributed by atoms with Gasteiger partial charge in [-0.15, -0.1) is 10.2 Å². The zero-order valence-electron chi connectivity index (χ0n) is 13.0. The maximum absolute atomic E-state index is 12.5. The predicted octanol–water partition coefficient (Wildman–Crippen LogP) is 2.32. The molecule has 0 aliphatic carbocycles. The van der Waals surface area contributed by atoms with Crippen LogP contribution in [0, 0.1) is 0 Å². The molecule has 0 unspecified atom stereocenters. The van der Waals surface area contributed by atoms with E-state index in [2.05, 4.69) is 15.5 Å². The Hall–Kier alpha value is -3.26. The Morgan fingerprint density at radius 2 is 1.76 bits per heavy atom. The summed E-state index contributed by atoms with van der Waals surface area (Å²) in [5.74, 6) is -0.755. The van der Waals surface area contributed by atoms with E-state index in [0.717, 1.165) is 5.56 Å². The molecule has 8 heteroatoms. The van der Waals surface area contributed by atoms with E-state index < -0.39 is 11.8 Å².